The number of aromatic amines is 1. The second-order valence-corrected chi connectivity index (χ2v) is 3.73. The van der Waals surface area contributed by atoms with Gasteiger partial charge in [-0.05, 0) is 17.5 Å². The summed E-state index contributed by atoms with van der Waals surface area (Å²) in [5, 5.41) is 1.13. The highest BCUT2D eigenvalue weighted by Crippen LogP contribution is 2.17. The average Bonchev–Trinajstić information content (AvgIpc) is 2.85. The molecule has 1 aromatic heterocycles. The first-order valence-electron chi connectivity index (χ1n) is 5.05. The molecular weight excluding hydrogens is 204 g/mol. The quantitative estimate of drug-likeness (QED) is 0.769. The highest BCUT2D eigenvalue weighted by Gasteiger charge is 2.14. The molecule has 1 aliphatic heterocycles. The van der Waals surface area contributed by atoms with Gasteiger partial charge in [0.1, 0.15) is 5.91 Å². The van der Waals surface area contributed by atoms with Crippen molar-refractivity contribution in [1.82, 2.24) is 4.98 Å². The fraction of sp³-hybridized carbons (Fsp3) is 0.167. The van der Waals surface area contributed by atoms with Crippen LogP contribution < -0.4 is 0 Å². The van der Waals surface area contributed by atoms with Gasteiger partial charge in [0, 0.05) is 24.0 Å². The Morgan fingerprint density at radius 2 is 2.31 bits per heavy atom. The van der Waals surface area contributed by atoms with E-state index in [1.54, 1.807) is 0 Å². The largest absolute Gasteiger partial charge is 0.577 e. The molecule has 4 heteroatoms. The Bertz CT molecular complexity index is 538. The Hall–Kier alpha value is -2.10. The standard InChI is InChI=1S/C12H9N2O2/c15-12-11(16-7-13-12)6-9-5-8-3-1-2-4-10(8)14-9/h1-5,11,14H,6H2/q-1. The number of nitrogens with one attached hydrogen (secondary N) is 1. The van der Waals surface area contributed by atoms with E-state index in [2.05, 4.69) is 16.4 Å². The third kappa shape index (κ3) is 1.48. The molecule has 1 unspecified atom stereocenters. The smallest absolute Gasteiger partial charge is 0.128 e. The van der Waals surface area contributed by atoms with Crippen molar-refractivity contribution in [3.05, 3.63) is 36.0 Å². The van der Waals surface area contributed by atoms with Crippen molar-refractivity contribution in [3.8, 4) is 0 Å². The van der Waals surface area contributed by atoms with Gasteiger partial charge in [0.2, 0.25) is 0 Å². The van der Waals surface area contributed by atoms with E-state index in [1.807, 2.05) is 30.3 Å². The zero-order valence-corrected chi connectivity index (χ0v) is 8.43. The topological polar surface area (TPSA) is 54.4 Å². The number of carbonyl (C=O) groups excluding carboxylic acids is 1. The highest BCUT2D eigenvalue weighted by atomic mass is 16.5. The highest BCUT2D eigenvalue weighted by molar-refractivity contribution is 5.91. The maximum absolute atomic E-state index is 11.2. The molecule has 0 saturated heterocycles. The predicted octanol–water partition coefficient (Wildman–Crippen LogP) is 1.54. The van der Waals surface area contributed by atoms with Crippen LogP contribution in [0.1, 0.15) is 5.69 Å². The summed E-state index contributed by atoms with van der Waals surface area (Å²) in [5.74, 6) is -0.265. The van der Waals surface area contributed by atoms with Crippen LogP contribution >= 0.6 is 0 Å². The van der Waals surface area contributed by atoms with Gasteiger partial charge in [0.05, 0.1) is 6.10 Å². The van der Waals surface area contributed by atoms with Crippen molar-refractivity contribution in [2.24, 2.45) is 4.99 Å². The van der Waals surface area contributed by atoms with Crippen molar-refractivity contribution in [3.63, 3.8) is 0 Å². The summed E-state index contributed by atoms with van der Waals surface area (Å²) in [5.41, 5.74) is 2.03. The molecule has 0 aliphatic carbocycles. The summed E-state index contributed by atoms with van der Waals surface area (Å²) in [6.07, 6.45) is 2.22. The minimum absolute atomic E-state index is 0.265. The molecule has 0 spiro atoms. The number of rotatable bonds is 2. The van der Waals surface area contributed by atoms with E-state index in [0.29, 0.717) is 6.42 Å². The molecule has 1 aromatic carbocycles. The molecule has 80 valence electrons. The van der Waals surface area contributed by atoms with Gasteiger partial charge < -0.3 is 19.5 Å². The van der Waals surface area contributed by atoms with Gasteiger partial charge in [-0.2, -0.15) is 0 Å². The van der Waals surface area contributed by atoms with Gasteiger partial charge in [-0.1, -0.05) is 18.2 Å². The minimum Gasteiger partial charge on any atom is -0.577 e. The van der Waals surface area contributed by atoms with Crippen LogP contribution in [0.2, 0.25) is 0 Å². The molecule has 1 N–H and O–H groups in total. The van der Waals surface area contributed by atoms with Crippen molar-refractivity contribution in [2.75, 3.05) is 0 Å². The number of aliphatic imine (C=N–C) groups is 1. The van der Waals surface area contributed by atoms with Crippen molar-refractivity contribution < 1.29 is 9.53 Å². The van der Waals surface area contributed by atoms with Crippen LogP contribution in [0.15, 0.2) is 35.3 Å². The monoisotopic (exact) mass is 213 g/mol. The Morgan fingerprint density at radius 3 is 3.06 bits per heavy atom. The number of benzene rings is 1. The van der Waals surface area contributed by atoms with Crippen LogP contribution in [0.3, 0.4) is 0 Å². The lowest BCUT2D eigenvalue weighted by Gasteiger charge is -2.12. The van der Waals surface area contributed by atoms with Gasteiger partial charge in [-0.25, -0.2) is 0 Å². The summed E-state index contributed by atoms with van der Waals surface area (Å²) >= 11 is 0. The van der Waals surface area contributed by atoms with Gasteiger partial charge >= 0.3 is 0 Å². The average molecular weight is 213 g/mol. The van der Waals surface area contributed by atoms with Crippen LogP contribution in [0.4, 0.5) is 0 Å². The van der Waals surface area contributed by atoms with Crippen molar-refractivity contribution >= 4 is 23.2 Å². The summed E-state index contributed by atoms with van der Waals surface area (Å²) < 4.78 is 4.98. The zero-order chi connectivity index (χ0) is 11.0. The van der Waals surface area contributed by atoms with E-state index in [0.717, 1.165) is 16.6 Å². The van der Waals surface area contributed by atoms with Crippen molar-refractivity contribution in [1.29, 1.82) is 0 Å². The molecule has 0 saturated carbocycles. The first kappa shape index (κ1) is 9.15. The Balaban J connectivity index is 1.87. The van der Waals surface area contributed by atoms with Gasteiger partial charge in [-0.15, -0.1) is 0 Å². The molecule has 16 heavy (non-hydrogen) atoms. The number of ether oxygens (including phenoxy) is 1. The van der Waals surface area contributed by atoms with Crippen LogP contribution in [0, 0.1) is 0 Å². The number of nitrogens with zero attached hydrogens (tertiary/aromatic N) is 1. The van der Waals surface area contributed by atoms with Crippen LogP contribution in [0.25, 0.3) is 10.9 Å². The van der Waals surface area contributed by atoms with Gasteiger partial charge in [0.15, 0.2) is 0 Å². The summed E-state index contributed by atoms with van der Waals surface area (Å²) in [4.78, 5) is 17.9. The first-order valence-corrected chi connectivity index (χ1v) is 5.05. The van der Waals surface area contributed by atoms with E-state index < -0.39 is 6.10 Å². The maximum Gasteiger partial charge on any atom is 0.128 e. The molecule has 2 heterocycles. The number of hydrogen-bond donors (Lipinski definition) is 1. The lowest BCUT2D eigenvalue weighted by atomic mass is 10.2. The number of para-hydroxylation sites is 1. The number of carbonyl (C=O) groups is 1. The fourth-order valence-corrected chi connectivity index (χ4v) is 1.83. The second kappa shape index (κ2) is 3.48. The third-order valence-electron chi connectivity index (χ3n) is 2.62. The third-order valence-corrected chi connectivity index (χ3v) is 2.62. The number of amides is 1. The molecular formula is C12H9N2O2-. The molecule has 0 bridgehead atoms. The first-order chi connectivity index (χ1) is 7.83. The zero-order valence-electron chi connectivity index (χ0n) is 8.43. The molecule has 2 aromatic rings. The van der Waals surface area contributed by atoms with Crippen LogP contribution in [0.5, 0.6) is 0 Å². The lowest BCUT2D eigenvalue weighted by molar-refractivity contribution is -0.122. The molecule has 3 rings (SSSR count). The summed E-state index contributed by atoms with van der Waals surface area (Å²) in [6, 6.07) is 9.99. The number of hydrogen-bond acceptors (Lipinski definition) is 2. The Morgan fingerprint density at radius 1 is 1.44 bits per heavy atom. The fourth-order valence-electron chi connectivity index (χ4n) is 1.83. The van der Waals surface area contributed by atoms with Gasteiger partial charge in [0.25, 0.3) is 0 Å². The molecule has 1 amide bonds. The maximum atomic E-state index is 11.2. The molecule has 1 aliphatic rings. The number of fused-ring (bicyclic) bond motifs is 1. The summed E-state index contributed by atoms with van der Waals surface area (Å²) in [7, 11) is 0. The van der Waals surface area contributed by atoms with E-state index in [-0.39, 0.29) is 5.91 Å². The van der Waals surface area contributed by atoms with E-state index in [1.165, 1.54) is 0 Å². The van der Waals surface area contributed by atoms with E-state index in [4.69, 9.17) is 4.74 Å². The second-order valence-electron chi connectivity index (χ2n) is 3.73. The SMILES string of the molecule is O=C1N=[C-]OC1Cc1cc2ccccc2[nH]1. The molecule has 0 radical (unpaired) electrons. The number of H-pyrrole nitrogens is 1. The number of aromatic nitrogens is 1. The molecule has 4 nitrogen and oxygen atoms in total. The lowest BCUT2D eigenvalue weighted by Crippen LogP contribution is -2.19. The predicted molar refractivity (Wildman–Crippen MR) is 59.3 cm³/mol. The Labute approximate surface area is 91.9 Å². The molecule has 1 atom stereocenters. The van der Waals surface area contributed by atoms with Crippen LogP contribution in [-0.4, -0.2) is 23.4 Å². The van der Waals surface area contributed by atoms with Gasteiger partial charge in [-0.3, -0.25) is 0 Å². The van der Waals surface area contributed by atoms with E-state index >= 15 is 0 Å². The minimum atomic E-state index is -0.520. The van der Waals surface area contributed by atoms with Crippen molar-refractivity contribution in [2.45, 2.75) is 12.5 Å². The summed E-state index contributed by atoms with van der Waals surface area (Å²) in [6.45, 7) is 0. The van der Waals surface area contributed by atoms with E-state index in [9.17, 15) is 4.79 Å². The van der Waals surface area contributed by atoms with Crippen LogP contribution in [-0.2, 0) is 16.0 Å². The Kier molecular flexibility index (Phi) is 1.99. The normalized spacial score (nSPS) is 19.2. The molecule has 0 fully saturated rings.